The summed E-state index contributed by atoms with van der Waals surface area (Å²) in [6.45, 7) is 0. The highest BCUT2D eigenvalue weighted by molar-refractivity contribution is 6.36. The van der Waals surface area contributed by atoms with Gasteiger partial charge in [-0.15, -0.1) is 0 Å². The third-order valence-corrected chi connectivity index (χ3v) is 3.39. The summed E-state index contributed by atoms with van der Waals surface area (Å²) in [5.41, 5.74) is 3.27. The van der Waals surface area contributed by atoms with Gasteiger partial charge in [0.15, 0.2) is 0 Å². The van der Waals surface area contributed by atoms with Crippen molar-refractivity contribution in [3.8, 4) is 11.5 Å². The van der Waals surface area contributed by atoms with E-state index in [2.05, 4.69) is 10.5 Å². The number of carbonyl (C=O) groups is 1. The number of hydrazone groups is 1. The fourth-order valence-electron chi connectivity index (χ4n) is 1.64. The van der Waals surface area contributed by atoms with Gasteiger partial charge in [0.05, 0.1) is 23.4 Å². The molecule has 0 fully saturated rings. The van der Waals surface area contributed by atoms with Gasteiger partial charge >= 0.3 is 0 Å². The number of amides is 1. The Balaban J connectivity index is 2.08. The lowest BCUT2D eigenvalue weighted by atomic mass is 10.2. The zero-order valence-corrected chi connectivity index (χ0v) is 13.0. The molecule has 0 spiro atoms. The average molecular weight is 339 g/mol. The Labute approximate surface area is 137 Å². The van der Waals surface area contributed by atoms with Gasteiger partial charge in [-0.3, -0.25) is 4.79 Å². The van der Waals surface area contributed by atoms with Crippen LogP contribution in [0.25, 0.3) is 0 Å². The largest absolute Gasteiger partial charge is 0.508 e. The third-order valence-electron chi connectivity index (χ3n) is 2.77. The number of benzene rings is 2. The summed E-state index contributed by atoms with van der Waals surface area (Å²) in [5.74, 6) is 0.128. The zero-order chi connectivity index (χ0) is 16.1. The summed E-state index contributed by atoms with van der Waals surface area (Å²) in [7, 11) is 1.49. The molecule has 0 unspecified atom stereocenters. The number of carbonyl (C=O) groups excluding carboxylic acids is 1. The van der Waals surface area contributed by atoms with E-state index in [9.17, 15) is 4.79 Å². The quantitative estimate of drug-likeness (QED) is 0.662. The molecular formula is C15H12Cl2N2O3. The van der Waals surface area contributed by atoms with Crippen LogP contribution in [-0.2, 0) is 0 Å². The fraction of sp³-hybridized carbons (Fsp3) is 0.0667. The van der Waals surface area contributed by atoms with Crippen LogP contribution in [-0.4, -0.2) is 24.3 Å². The van der Waals surface area contributed by atoms with Gasteiger partial charge in [-0.2, -0.15) is 5.10 Å². The van der Waals surface area contributed by atoms with Crippen LogP contribution in [0, 0.1) is 0 Å². The summed E-state index contributed by atoms with van der Waals surface area (Å²) < 4.78 is 5.04. The van der Waals surface area contributed by atoms with E-state index < -0.39 is 5.91 Å². The Morgan fingerprint density at radius 2 is 1.91 bits per heavy atom. The number of hydrogen-bond donors (Lipinski definition) is 2. The van der Waals surface area contributed by atoms with Gasteiger partial charge in [-0.05, 0) is 30.3 Å². The standard InChI is InChI=1S/C15H12Cl2N2O3/c1-22-14-7-12(16)10(6-13(14)17)8-18-19-15(21)9-2-4-11(20)5-3-9/h2-8,20H,1H3,(H,19,21)/b18-8+. The van der Waals surface area contributed by atoms with Crippen LogP contribution < -0.4 is 10.2 Å². The first kappa shape index (κ1) is 16.1. The van der Waals surface area contributed by atoms with E-state index in [-0.39, 0.29) is 5.75 Å². The first-order chi connectivity index (χ1) is 10.5. The number of phenols is 1. The Kier molecular flexibility index (Phi) is 5.25. The van der Waals surface area contributed by atoms with Crippen molar-refractivity contribution in [3.63, 3.8) is 0 Å². The van der Waals surface area contributed by atoms with Crippen LogP contribution in [0.5, 0.6) is 11.5 Å². The maximum absolute atomic E-state index is 11.8. The van der Waals surface area contributed by atoms with Crippen molar-refractivity contribution in [2.24, 2.45) is 5.10 Å². The van der Waals surface area contributed by atoms with E-state index in [1.54, 1.807) is 12.1 Å². The second-order valence-corrected chi connectivity index (χ2v) is 5.07. The Hall–Kier alpha value is -2.24. The molecule has 0 atom stereocenters. The summed E-state index contributed by atoms with van der Waals surface area (Å²) in [5, 5.41) is 13.8. The smallest absolute Gasteiger partial charge is 0.271 e. The van der Waals surface area contributed by atoms with Crippen LogP contribution in [0.2, 0.25) is 10.0 Å². The van der Waals surface area contributed by atoms with Gasteiger partial charge < -0.3 is 9.84 Å². The molecule has 0 bridgehead atoms. The number of nitrogens with zero attached hydrogens (tertiary/aromatic N) is 1. The number of nitrogens with one attached hydrogen (secondary N) is 1. The molecule has 2 rings (SSSR count). The van der Waals surface area contributed by atoms with Crippen molar-refractivity contribution in [2.45, 2.75) is 0 Å². The molecule has 2 N–H and O–H groups in total. The van der Waals surface area contributed by atoms with Gasteiger partial charge in [0, 0.05) is 17.2 Å². The second-order valence-electron chi connectivity index (χ2n) is 4.25. The molecule has 0 aliphatic heterocycles. The lowest BCUT2D eigenvalue weighted by Gasteiger charge is -2.05. The zero-order valence-electron chi connectivity index (χ0n) is 11.5. The Bertz CT molecular complexity index is 715. The van der Waals surface area contributed by atoms with Gasteiger partial charge in [0.1, 0.15) is 11.5 Å². The molecule has 5 nitrogen and oxygen atoms in total. The lowest BCUT2D eigenvalue weighted by molar-refractivity contribution is 0.0955. The van der Waals surface area contributed by atoms with Gasteiger partial charge in [-0.25, -0.2) is 5.43 Å². The minimum Gasteiger partial charge on any atom is -0.508 e. The maximum Gasteiger partial charge on any atom is 0.271 e. The summed E-state index contributed by atoms with van der Waals surface area (Å²) >= 11 is 12.1. The molecule has 0 saturated carbocycles. The van der Waals surface area contributed by atoms with Crippen molar-refractivity contribution in [1.82, 2.24) is 5.43 Å². The predicted octanol–water partition coefficient (Wildman–Crippen LogP) is 3.47. The molecule has 0 radical (unpaired) electrons. The van der Waals surface area contributed by atoms with Crippen LogP contribution >= 0.6 is 23.2 Å². The SMILES string of the molecule is COc1cc(Cl)c(/C=N/NC(=O)c2ccc(O)cc2)cc1Cl. The third kappa shape index (κ3) is 3.90. The average Bonchev–Trinajstić information content (AvgIpc) is 2.50. The molecule has 2 aromatic carbocycles. The topological polar surface area (TPSA) is 70.9 Å². The minimum atomic E-state index is -0.410. The Morgan fingerprint density at radius 1 is 1.23 bits per heavy atom. The van der Waals surface area contributed by atoms with Crippen molar-refractivity contribution in [1.29, 1.82) is 0 Å². The van der Waals surface area contributed by atoms with Crippen molar-refractivity contribution < 1.29 is 14.6 Å². The maximum atomic E-state index is 11.8. The predicted molar refractivity (Wildman–Crippen MR) is 86.2 cm³/mol. The summed E-state index contributed by atoms with van der Waals surface area (Å²) in [6, 6.07) is 8.94. The molecule has 114 valence electrons. The molecule has 1 amide bonds. The van der Waals surface area contributed by atoms with Gasteiger partial charge in [0.2, 0.25) is 0 Å². The molecule has 0 aromatic heterocycles. The number of phenolic OH excluding ortho intramolecular Hbond substituents is 1. The molecule has 22 heavy (non-hydrogen) atoms. The van der Waals surface area contributed by atoms with E-state index in [1.165, 1.54) is 37.6 Å². The van der Waals surface area contributed by atoms with Crippen molar-refractivity contribution in [2.75, 3.05) is 7.11 Å². The number of hydrogen-bond acceptors (Lipinski definition) is 4. The molecule has 0 saturated heterocycles. The highest BCUT2D eigenvalue weighted by Crippen LogP contribution is 2.30. The van der Waals surface area contributed by atoms with Gasteiger partial charge in [-0.1, -0.05) is 23.2 Å². The summed E-state index contributed by atoms with van der Waals surface area (Å²) in [6.07, 6.45) is 1.38. The van der Waals surface area contributed by atoms with Crippen LogP contribution in [0.4, 0.5) is 0 Å². The first-order valence-corrected chi connectivity index (χ1v) is 6.92. The van der Waals surface area contributed by atoms with Crippen molar-refractivity contribution >= 4 is 35.3 Å². The molecule has 2 aromatic rings. The van der Waals surface area contributed by atoms with Crippen LogP contribution in [0.3, 0.4) is 0 Å². The van der Waals surface area contributed by atoms with Crippen molar-refractivity contribution in [3.05, 3.63) is 57.6 Å². The molecule has 0 aliphatic carbocycles. The number of aromatic hydroxyl groups is 1. The Morgan fingerprint density at radius 3 is 2.55 bits per heavy atom. The lowest BCUT2D eigenvalue weighted by Crippen LogP contribution is -2.17. The van der Waals surface area contributed by atoms with E-state index in [4.69, 9.17) is 33.0 Å². The monoisotopic (exact) mass is 338 g/mol. The number of rotatable bonds is 4. The second kappa shape index (κ2) is 7.15. The highest BCUT2D eigenvalue weighted by atomic mass is 35.5. The van der Waals surface area contributed by atoms with E-state index in [1.807, 2.05) is 0 Å². The number of methoxy groups -OCH3 is 1. The fourth-order valence-corrected chi connectivity index (χ4v) is 2.09. The van der Waals surface area contributed by atoms with E-state index >= 15 is 0 Å². The normalized spacial score (nSPS) is 10.7. The number of ether oxygens (including phenoxy) is 1. The minimum absolute atomic E-state index is 0.0831. The van der Waals surface area contributed by atoms with Gasteiger partial charge in [0.25, 0.3) is 5.91 Å². The summed E-state index contributed by atoms with van der Waals surface area (Å²) in [4.78, 5) is 11.8. The van der Waals surface area contributed by atoms with Crippen LogP contribution in [0.1, 0.15) is 15.9 Å². The van der Waals surface area contributed by atoms with E-state index in [0.29, 0.717) is 26.9 Å². The molecule has 0 heterocycles. The molecule has 0 aliphatic rings. The van der Waals surface area contributed by atoms with E-state index in [0.717, 1.165) is 0 Å². The highest BCUT2D eigenvalue weighted by Gasteiger charge is 2.07. The number of halogens is 2. The molecular weight excluding hydrogens is 327 g/mol. The molecule has 7 heteroatoms. The van der Waals surface area contributed by atoms with Crippen LogP contribution in [0.15, 0.2) is 41.5 Å². The first-order valence-electron chi connectivity index (χ1n) is 6.16.